The number of nitrogens with one attached hydrogen (secondary N) is 1. The first-order valence-corrected chi connectivity index (χ1v) is 4.61. The van der Waals surface area contributed by atoms with Gasteiger partial charge in [-0.15, -0.1) is 0 Å². The quantitative estimate of drug-likeness (QED) is 0.721. The summed E-state index contributed by atoms with van der Waals surface area (Å²) in [6, 6.07) is 4.42. The third-order valence-corrected chi connectivity index (χ3v) is 2.46. The van der Waals surface area contributed by atoms with Crippen LogP contribution >= 0.6 is 0 Å². The lowest BCUT2D eigenvalue weighted by Crippen LogP contribution is -2.36. The molecule has 5 heteroatoms. The Hall–Kier alpha value is -1.91. The Labute approximate surface area is 86.1 Å². The van der Waals surface area contributed by atoms with E-state index < -0.39 is 12.0 Å². The molecule has 0 aliphatic carbocycles. The van der Waals surface area contributed by atoms with Crippen molar-refractivity contribution >= 4 is 11.9 Å². The molecular weight excluding hydrogens is 196 g/mol. The van der Waals surface area contributed by atoms with Crippen molar-refractivity contribution in [2.75, 3.05) is 0 Å². The van der Waals surface area contributed by atoms with E-state index in [1.54, 1.807) is 24.4 Å². The average molecular weight is 206 g/mol. The minimum Gasteiger partial charge on any atom is -0.480 e. The van der Waals surface area contributed by atoms with Crippen LogP contribution in [0.1, 0.15) is 18.0 Å². The van der Waals surface area contributed by atoms with Gasteiger partial charge in [-0.05, 0) is 12.1 Å². The van der Waals surface area contributed by atoms with Crippen molar-refractivity contribution in [2.24, 2.45) is 0 Å². The van der Waals surface area contributed by atoms with E-state index in [1.165, 1.54) is 0 Å². The summed E-state index contributed by atoms with van der Waals surface area (Å²) in [5.41, 5.74) is 0.642. The fraction of sp³-hybridized carbons (Fsp3) is 0.300. The Morgan fingerprint density at radius 1 is 1.53 bits per heavy atom. The summed E-state index contributed by atoms with van der Waals surface area (Å²) in [7, 11) is 0. The molecule has 0 spiro atoms. The molecule has 0 radical (unpaired) electrons. The van der Waals surface area contributed by atoms with Crippen LogP contribution in [0.4, 0.5) is 0 Å². The number of carboxylic acid groups (broad SMARTS) is 1. The second-order valence-electron chi connectivity index (χ2n) is 3.45. The van der Waals surface area contributed by atoms with Crippen molar-refractivity contribution in [1.82, 2.24) is 10.3 Å². The number of carbonyl (C=O) groups excluding carboxylic acids is 1. The van der Waals surface area contributed by atoms with Gasteiger partial charge in [0.25, 0.3) is 0 Å². The molecule has 1 fully saturated rings. The largest absolute Gasteiger partial charge is 0.480 e. The van der Waals surface area contributed by atoms with Crippen molar-refractivity contribution < 1.29 is 14.7 Å². The molecule has 2 heterocycles. The van der Waals surface area contributed by atoms with E-state index in [1.807, 2.05) is 0 Å². The molecule has 0 bridgehead atoms. The summed E-state index contributed by atoms with van der Waals surface area (Å²) < 4.78 is 0. The smallest absolute Gasteiger partial charge is 0.326 e. The zero-order valence-electron chi connectivity index (χ0n) is 7.88. The standard InChI is InChI=1S/C10H10N2O3/c13-8-5-6(9(12-8)10(14)15)7-3-1-2-4-11-7/h1-4,6,9H,5H2,(H,12,13)(H,14,15)/t6-,9+/m1/s1. The summed E-state index contributed by atoms with van der Waals surface area (Å²) in [5, 5.41) is 11.3. The summed E-state index contributed by atoms with van der Waals surface area (Å²) >= 11 is 0. The van der Waals surface area contributed by atoms with E-state index in [0.29, 0.717) is 5.69 Å². The van der Waals surface area contributed by atoms with Gasteiger partial charge in [0.15, 0.2) is 0 Å². The third-order valence-electron chi connectivity index (χ3n) is 2.46. The Morgan fingerprint density at radius 2 is 2.33 bits per heavy atom. The Morgan fingerprint density at radius 3 is 2.93 bits per heavy atom. The van der Waals surface area contributed by atoms with Gasteiger partial charge in [-0.2, -0.15) is 0 Å². The number of nitrogens with zero attached hydrogens (tertiary/aromatic N) is 1. The van der Waals surface area contributed by atoms with Gasteiger partial charge in [-0.25, -0.2) is 4.79 Å². The minimum absolute atomic E-state index is 0.188. The van der Waals surface area contributed by atoms with Crippen LogP contribution in [0, 0.1) is 0 Å². The lowest BCUT2D eigenvalue weighted by Gasteiger charge is -2.13. The van der Waals surface area contributed by atoms with Crippen LogP contribution < -0.4 is 5.32 Å². The SMILES string of the molecule is O=C1C[C@H](c2ccccn2)[C@@H](C(=O)O)N1. The average Bonchev–Trinajstić information content (AvgIpc) is 2.62. The molecule has 15 heavy (non-hydrogen) atoms. The fourth-order valence-corrected chi connectivity index (χ4v) is 1.76. The third kappa shape index (κ3) is 1.81. The van der Waals surface area contributed by atoms with E-state index in [2.05, 4.69) is 10.3 Å². The molecule has 5 nitrogen and oxygen atoms in total. The van der Waals surface area contributed by atoms with E-state index in [0.717, 1.165) is 0 Å². The van der Waals surface area contributed by atoms with Crippen molar-refractivity contribution in [1.29, 1.82) is 0 Å². The molecule has 1 aliphatic heterocycles. The molecule has 1 aromatic rings. The van der Waals surface area contributed by atoms with E-state index >= 15 is 0 Å². The number of hydrogen-bond donors (Lipinski definition) is 2. The first kappa shape index (κ1) is 9.64. The second kappa shape index (κ2) is 3.68. The molecule has 2 atom stereocenters. The van der Waals surface area contributed by atoms with Crippen molar-refractivity contribution in [3.63, 3.8) is 0 Å². The van der Waals surface area contributed by atoms with E-state index in [4.69, 9.17) is 5.11 Å². The molecule has 1 amide bonds. The topological polar surface area (TPSA) is 79.3 Å². The number of aromatic nitrogens is 1. The number of rotatable bonds is 2. The maximum atomic E-state index is 11.1. The van der Waals surface area contributed by atoms with Gasteiger partial charge >= 0.3 is 5.97 Å². The summed E-state index contributed by atoms with van der Waals surface area (Å²) in [6.45, 7) is 0. The number of pyridine rings is 1. The van der Waals surface area contributed by atoms with Crippen LogP contribution in [0.25, 0.3) is 0 Å². The molecule has 0 aromatic carbocycles. The van der Waals surface area contributed by atoms with Crippen LogP contribution in [-0.4, -0.2) is 28.0 Å². The normalized spacial score (nSPS) is 24.9. The lowest BCUT2D eigenvalue weighted by molar-refractivity contribution is -0.140. The van der Waals surface area contributed by atoms with Gasteiger partial charge in [0.05, 0.1) is 0 Å². The zero-order chi connectivity index (χ0) is 10.8. The van der Waals surface area contributed by atoms with Crippen LogP contribution in [0.5, 0.6) is 0 Å². The maximum Gasteiger partial charge on any atom is 0.326 e. The molecule has 1 saturated heterocycles. The highest BCUT2D eigenvalue weighted by molar-refractivity contribution is 5.89. The molecule has 78 valence electrons. The van der Waals surface area contributed by atoms with Gasteiger partial charge in [-0.1, -0.05) is 6.07 Å². The number of aliphatic carboxylic acids is 1. The van der Waals surface area contributed by atoms with Crippen LogP contribution in [-0.2, 0) is 9.59 Å². The highest BCUT2D eigenvalue weighted by atomic mass is 16.4. The second-order valence-corrected chi connectivity index (χ2v) is 3.45. The maximum absolute atomic E-state index is 11.1. The molecule has 2 N–H and O–H groups in total. The Bertz CT molecular complexity index is 391. The van der Waals surface area contributed by atoms with Crippen molar-refractivity contribution in [2.45, 2.75) is 18.4 Å². The van der Waals surface area contributed by atoms with Crippen molar-refractivity contribution in [3.8, 4) is 0 Å². The molecule has 0 saturated carbocycles. The highest BCUT2D eigenvalue weighted by Crippen LogP contribution is 2.26. The minimum atomic E-state index is -1.02. The molecule has 1 aromatic heterocycles. The summed E-state index contributed by atoms with van der Waals surface area (Å²) in [4.78, 5) is 26.1. The van der Waals surface area contributed by atoms with Gasteiger partial charge in [0, 0.05) is 24.2 Å². The van der Waals surface area contributed by atoms with E-state index in [9.17, 15) is 9.59 Å². The van der Waals surface area contributed by atoms with Gasteiger partial charge in [0.2, 0.25) is 5.91 Å². The first-order valence-electron chi connectivity index (χ1n) is 4.61. The number of carboxylic acids is 1. The van der Waals surface area contributed by atoms with Crippen LogP contribution in [0.15, 0.2) is 24.4 Å². The predicted octanol–water partition coefficient (Wildman–Crippen LogP) is 0.138. The summed E-state index contributed by atoms with van der Waals surface area (Å²) in [5.74, 6) is -1.62. The van der Waals surface area contributed by atoms with Crippen molar-refractivity contribution in [3.05, 3.63) is 30.1 Å². The molecule has 1 aliphatic rings. The van der Waals surface area contributed by atoms with E-state index in [-0.39, 0.29) is 18.2 Å². The van der Waals surface area contributed by atoms with Crippen LogP contribution in [0.2, 0.25) is 0 Å². The lowest BCUT2D eigenvalue weighted by atomic mass is 9.96. The molecule has 2 rings (SSSR count). The van der Waals surface area contributed by atoms with Gasteiger partial charge in [-0.3, -0.25) is 9.78 Å². The Kier molecular flexibility index (Phi) is 2.37. The predicted molar refractivity (Wildman–Crippen MR) is 51.2 cm³/mol. The fourth-order valence-electron chi connectivity index (χ4n) is 1.76. The van der Waals surface area contributed by atoms with Gasteiger partial charge < -0.3 is 10.4 Å². The monoisotopic (exact) mass is 206 g/mol. The first-order chi connectivity index (χ1) is 7.18. The Balaban J connectivity index is 2.28. The number of carbonyl (C=O) groups is 2. The van der Waals surface area contributed by atoms with Gasteiger partial charge in [0.1, 0.15) is 6.04 Å². The number of hydrogen-bond acceptors (Lipinski definition) is 3. The number of amides is 1. The summed E-state index contributed by atoms with van der Waals surface area (Å²) in [6.07, 6.45) is 1.78. The van der Waals surface area contributed by atoms with Crippen LogP contribution in [0.3, 0.4) is 0 Å². The highest BCUT2D eigenvalue weighted by Gasteiger charge is 2.38. The molecule has 0 unspecified atom stereocenters. The zero-order valence-corrected chi connectivity index (χ0v) is 7.88. The molecular formula is C10H10N2O3.